The second-order valence-electron chi connectivity index (χ2n) is 19.7. The van der Waals surface area contributed by atoms with Crippen LogP contribution in [0.5, 0.6) is 0 Å². The molecule has 0 fully saturated rings. The predicted molar refractivity (Wildman–Crippen MR) is 266 cm³/mol. The first-order chi connectivity index (χ1) is 30.4. The minimum Gasteiger partial charge on any atom is -0.462 e. The van der Waals surface area contributed by atoms with Gasteiger partial charge in [-0.1, -0.05) is 278 Å². The third-order valence-corrected chi connectivity index (χ3v) is 12.8. The van der Waals surface area contributed by atoms with E-state index in [2.05, 4.69) is 27.7 Å². The first-order valence-corrected chi connectivity index (χ1v) is 27.9. The molecule has 0 aromatic rings. The van der Waals surface area contributed by atoms with Crippen LogP contribution in [0, 0.1) is 5.92 Å². The zero-order valence-electron chi connectivity index (χ0n) is 42.3. The summed E-state index contributed by atoms with van der Waals surface area (Å²) in [6.07, 6.45) is 53.8. The van der Waals surface area contributed by atoms with Crippen LogP contribution in [-0.2, 0) is 28.6 Å². The Kier molecular flexibility index (Phi) is 49.1. The summed E-state index contributed by atoms with van der Waals surface area (Å²) in [5.41, 5.74) is 0. The number of unbranched alkanes of at least 4 members (excludes halogenated alkanes) is 38. The number of hydrogen-bond donors (Lipinski definition) is 0. The van der Waals surface area contributed by atoms with E-state index >= 15 is 0 Å². The Hall–Kier alpha value is -1.59. The highest BCUT2D eigenvalue weighted by Crippen LogP contribution is 2.18. The van der Waals surface area contributed by atoms with E-state index in [0.29, 0.717) is 19.3 Å². The van der Waals surface area contributed by atoms with Crippen molar-refractivity contribution in [3.63, 3.8) is 0 Å². The summed E-state index contributed by atoms with van der Waals surface area (Å²) in [4.78, 5) is 38.0. The van der Waals surface area contributed by atoms with Crippen molar-refractivity contribution in [1.29, 1.82) is 0 Å². The fourth-order valence-electron chi connectivity index (χ4n) is 8.57. The van der Waals surface area contributed by atoms with Gasteiger partial charge in [0.1, 0.15) is 13.2 Å². The van der Waals surface area contributed by atoms with Crippen LogP contribution in [-0.4, -0.2) is 37.2 Å². The summed E-state index contributed by atoms with van der Waals surface area (Å²) in [5, 5.41) is 0. The van der Waals surface area contributed by atoms with E-state index in [0.717, 1.165) is 63.7 Å². The van der Waals surface area contributed by atoms with Gasteiger partial charge in [0.05, 0.1) is 0 Å². The molecule has 0 amide bonds. The molecule has 6 heteroatoms. The lowest BCUT2D eigenvalue weighted by Crippen LogP contribution is -2.30. The van der Waals surface area contributed by atoms with Gasteiger partial charge in [0, 0.05) is 19.3 Å². The number of carbonyl (C=O) groups excluding carboxylic acids is 3. The van der Waals surface area contributed by atoms with Crippen molar-refractivity contribution in [3.8, 4) is 0 Å². The zero-order chi connectivity index (χ0) is 45.2. The summed E-state index contributed by atoms with van der Waals surface area (Å²) < 4.78 is 16.8. The van der Waals surface area contributed by atoms with Crippen LogP contribution in [0.4, 0.5) is 0 Å². The first-order valence-electron chi connectivity index (χ1n) is 27.9. The molecule has 0 saturated carbocycles. The Bertz CT molecular complexity index is 933. The lowest BCUT2D eigenvalue weighted by molar-refractivity contribution is -0.167. The molecular weight excluding hydrogens is 769 g/mol. The number of hydrogen-bond acceptors (Lipinski definition) is 6. The first kappa shape index (κ1) is 60.4. The highest BCUT2D eigenvalue weighted by molar-refractivity contribution is 5.71. The fourth-order valence-corrected chi connectivity index (χ4v) is 8.57. The van der Waals surface area contributed by atoms with Gasteiger partial charge in [-0.3, -0.25) is 14.4 Å². The maximum Gasteiger partial charge on any atom is 0.306 e. The van der Waals surface area contributed by atoms with E-state index in [1.807, 2.05) is 0 Å². The van der Waals surface area contributed by atoms with E-state index in [1.165, 1.54) is 212 Å². The Labute approximate surface area is 387 Å². The maximum absolute atomic E-state index is 12.8. The molecule has 0 aliphatic carbocycles. The molecule has 0 spiro atoms. The molecule has 0 aromatic carbocycles. The molecule has 0 saturated heterocycles. The normalized spacial score (nSPS) is 12.0. The van der Waals surface area contributed by atoms with Crippen LogP contribution in [0.3, 0.4) is 0 Å². The smallest absolute Gasteiger partial charge is 0.306 e. The molecule has 1 atom stereocenters. The molecule has 0 heterocycles. The average molecular weight is 877 g/mol. The van der Waals surface area contributed by atoms with Crippen LogP contribution in [0.25, 0.3) is 0 Å². The van der Waals surface area contributed by atoms with E-state index in [4.69, 9.17) is 14.2 Å². The van der Waals surface area contributed by atoms with Crippen LogP contribution in [0.2, 0.25) is 0 Å². The number of esters is 3. The van der Waals surface area contributed by atoms with Crippen molar-refractivity contribution < 1.29 is 28.6 Å². The lowest BCUT2D eigenvalue weighted by Gasteiger charge is -2.18. The monoisotopic (exact) mass is 877 g/mol. The molecule has 0 bridgehead atoms. The summed E-state index contributed by atoms with van der Waals surface area (Å²) >= 11 is 0. The van der Waals surface area contributed by atoms with Gasteiger partial charge in [0.25, 0.3) is 0 Å². The molecule has 0 aliphatic rings. The van der Waals surface area contributed by atoms with Crippen molar-refractivity contribution in [1.82, 2.24) is 0 Å². The second-order valence-corrected chi connectivity index (χ2v) is 19.7. The van der Waals surface area contributed by atoms with E-state index in [-0.39, 0.29) is 31.1 Å². The Morgan fingerprint density at radius 3 is 0.790 bits per heavy atom. The predicted octanol–water partition coefficient (Wildman–Crippen LogP) is 18.2. The van der Waals surface area contributed by atoms with Gasteiger partial charge in [0.2, 0.25) is 0 Å². The van der Waals surface area contributed by atoms with Crippen molar-refractivity contribution in [2.24, 2.45) is 5.92 Å². The molecular formula is C56H108O6. The van der Waals surface area contributed by atoms with Gasteiger partial charge < -0.3 is 14.2 Å². The fraction of sp³-hybridized carbons (Fsp3) is 0.946. The van der Waals surface area contributed by atoms with Crippen LogP contribution >= 0.6 is 0 Å². The van der Waals surface area contributed by atoms with E-state index < -0.39 is 6.10 Å². The van der Waals surface area contributed by atoms with Gasteiger partial charge >= 0.3 is 17.9 Å². The molecule has 6 nitrogen and oxygen atoms in total. The summed E-state index contributed by atoms with van der Waals surface area (Å²) in [6, 6.07) is 0. The summed E-state index contributed by atoms with van der Waals surface area (Å²) in [6.45, 7) is 9.05. The van der Waals surface area contributed by atoms with Crippen LogP contribution in [0.15, 0.2) is 0 Å². The van der Waals surface area contributed by atoms with E-state index in [1.54, 1.807) is 0 Å². The third-order valence-electron chi connectivity index (χ3n) is 12.8. The molecule has 0 rings (SSSR count). The van der Waals surface area contributed by atoms with Gasteiger partial charge in [-0.2, -0.15) is 0 Å². The highest BCUT2D eigenvalue weighted by Gasteiger charge is 2.19. The number of ether oxygens (including phenoxy) is 3. The van der Waals surface area contributed by atoms with Gasteiger partial charge in [-0.05, 0) is 25.2 Å². The summed E-state index contributed by atoms with van der Waals surface area (Å²) in [5.74, 6) is 0.0184. The lowest BCUT2D eigenvalue weighted by atomic mass is 10.0. The van der Waals surface area contributed by atoms with E-state index in [9.17, 15) is 14.4 Å². The van der Waals surface area contributed by atoms with Gasteiger partial charge in [-0.25, -0.2) is 0 Å². The molecule has 0 unspecified atom stereocenters. The molecule has 368 valence electrons. The Balaban J connectivity index is 4.18. The molecule has 0 radical (unpaired) electrons. The highest BCUT2D eigenvalue weighted by atomic mass is 16.6. The molecule has 0 N–H and O–H groups in total. The largest absolute Gasteiger partial charge is 0.462 e. The minimum atomic E-state index is -0.760. The molecule has 62 heavy (non-hydrogen) atoms. The van der Waals surface area contributed by atoms with Crippen molar-refractivity contribution in [2.45, 2.75) is 323 Å². The quantitative estimate of drug-likeness (QED) is 0.0344. The summed E-state index contributed by atoms with van der Waals surface area (Å²) in [7, 11) is 0. The van der Waals surface area contributed by atoms with Gasteiger partial charge in [0.15, 0.2) is 6.10 Å². The van der Waals surface area contributed by atoms with Crippen LogP contribution in [0.1, 0.15) is 317 Å². The van der Waals surface area contributed by atoms with Gasteiger partial charge in [-0.15, -0.1) is 0 Å². The zero-order valence-corrected chi connectivity index (χ0v) is 42.3. The maximum atomic E-state index is 12.8. The third kappa shape index (κ3) is 49.4. The van der Waals surface area contributed by atoms with Crippen molar-refractivity contribution in [2.75, 3.05) is 13.2 Å². The second kappa shape index (κ2) is 50.4. The average Bonchev–Trinajstić information content (AvgIpc) is 3.26. The number of carbonyl (C=O) groups is 3. The molecule has 0 aliphatic heterocycles. The molecule has 0 aromatic heterocycles. The SMILES string of the molecule is CCCCCCCCCCCCCCCC(=O)OC[C@H](COC(=O)CCCCCCCCCCCCCCCCCCCCC(C)C)OC(=O)CCCCCCCCCCCC. The topological polar surface area (TPSA) is 78.9 Å². The standard InChI is InChI=1S/C56H108O6/c1-5-7-9-11-13-15-17-24-28-32-35-39-43-47-54(57)60-50-53(62-56(59)49-45-41-37-31-16-14-12-10-8-6-2)51-61-55(58)48-44-40-36-33-29-26-23-21-19-18-20-22-25-27-30-34-38-42-46-52(3)4/h52-53H,5-51H2,1-4H3/t53-/m1/s1. The van der Waals surface area contributed by atoms with Crippen molar-refractivity contribution >= 4 is 17.9 Å². The van der Waals surface area contributed by atoms with Crippen molar-refractivity contribution in [3.05, 3.63) is 0 Å². The Morgan fingerprint density at radius 1 is 0.306 bits per heavy atom. The Morgan fingerprint density at radius 2 is 0.532 bits per heavy atom. The number of rotatable bonds is 51. The van der Waals surface area contributed by atoms with Crippen LogP contribution < -0.4 is 0 Å². The minimum absolute atomic E-state index is 0.0622.